The molecule has 7 heteroatoms. The number of halogens is 1. The first-order chi connectivity index (χ1) is 20.1. The number of hydrogen-bond acceptors (Lipinski definition) is 6. The van der Waals surface area contributed by atoms with E-state index in [0.29, 0.717) is 28.6 Å². The fourth-order valence-electron chi connectivity index (χ4n) is 4.42. The Hall–Kier alpha value is -5.50. The van der Waals surface area contributed by atoms with Crippen LogP contribution in [-0.4, -0.2) is 19.9 Å². The second kappa shape index (κ2) is 11.3. The van der Waals surface area contributed by atoms with Crippen LogP contribution < -0.4 is 0 Å². The lowest BCUT2D eigenvalue weighted by atomic mass is 10.0. The van der Waals surface area contributed by atoms with Gasteiger partial charge in [0.25, 0.3) is 0 Å². The standard InChI is InChI=1S/C34H19BrN6/c35-31-17-29(28-2-1-15-38-21-28)16-30(18-31)34-40-32(26-9-5-23(20-37)6-10-26)39-33(41-34)27-13-11-25(12-14-27)24-7-3-22(19-36)4-8-24/h1-18,21H. The van der Waals surface area contributed by atoms with Gasteiger partial charge in [-0.15, -0.1) is 0 Å². The smallest absolute Gasteiger partial charge is 0.164 e. The molecule has 0 aliphatic heterocycles. The summed E-state index contributed by atoms with van der Waals surface area (Å²) < 4.78 is 0.891. The third kappa shape index (κ3) is 5.62. The van der Waals surface area contributed by atoms with E-state index in [-0.39, 0.29) is 0 Å². The molecule has 0 spiro atoms. The van der Waals surface area contributed by atoms with Crippen molar-refractivity contribution in [3.63, 3.8) is 0 Å². The molecule has 0 saturated carbocycles. The summed E-state index contributed by atoms with van der Waals surface area (Å²) in [6, 6.07) is 37.0. The first-order valence-corrected chi connectivity index (χ1v) is 13.5. The lowest BCUT2D eigenvalue weighted by molar-refractivity contribution is 1.07. The Balaban J connectivity index is 1.46. The molecule has 0 atom stereocenters. The fraction of sp³-hybridized carbons (Fsp3) is 0. The lowest BCUT2D eigenvalue weighted by Gasteiger charge is -2.11. The van der Waals surface area contributed by atoms with E-state index >= 15 is 0 Å². The predicted molar refractivity (Wildman–Crippen MR) is 162 cm³/mol. The van der Waals surface area contributed by atoms with Crippen molar-refractivity contribution in [2.45, 2.75) is 0 Å². The minimum absolute atomic E-state index is 0.508. The molecule has 6 aromatic rings. The van der Waals surface area contributed by atoms with Gasteiger partial charge in [-0.3, -0.25) is 4.98 Å². The van der Waals surface area contributed by atoms with E-state index in [9.17, 15) is 5.26 Å². The minimum atomic E-state index is 0.508. The predicted octanol–water partition coefficient (Wildman–Crippen LogP) is 8.11. The van der Waals surface area contributed by atoms with Gasteiger partial charge >= 0.3 is 0 Å². The molecule has 0 amide bonds. The van der Waals surface area contributed by atoms with Gasteiger partial charge in [0.1, 0.15) is 0 Å². The normalized spacial score (nSPS) is 10.5. The lowest BCUT2D eigenvalue weighted by Crippen LogP contribution is -2.00. The van der Waals surface area contributed by atoms with E-state index in [4.69, 9.17) is 20.2 Å². The van der Waals surface area contributed by atoms with E-state index in [0.717, 1.165) is 43.4 Å². The second-order valence-electron chi connectivity index (χ2n) is 9.23. The SMILES string of the molecule is N#Cc1ccc(-c2ccc(-c3nc(-c4ccc(C#N)cc4)nc(-c4cc(Br)cc(-c5cccnc5)c4)n3)cc2)cc1. The van der Waals surface area contributed by atoms with E-state index in [2.05, 4.69) is 33.1 Å². The van der Waals surface area contributed by atoms with Crippen molar-refractivity contribution in [2.75, 3.05) is 0 Å². The number of pyridine rings is 1. The Morgan fingerprint density at radius 3 is 1.46 bits per heavy atom. The molecule has 0 saturated heterocycles. The monoisotopic (exact) mass is 590 g/mol. The van der Waals surface area contributed by atoms with Gasteiger partial charge in [-0.1, -0.05) is 58.4 Å². The van der Waals surface area contributed by atoms with Crippen LogP contribution in [0.15, 0.2) is 120 Å². The summed E-state index contributed by atoms with van der Waals surface area (Å²) in [6.07, 6.45) is 3.57. The van der Waals surface area contributed by atoms with E-state index in [1.807, 2.05) is 97.2 Å². The molecule has 41 heavy (non-hydrogen) atoms. The molecule has 0 radical (unpaired) electrons. The average molecular weight is 591 g/mol. The van der Waals surface area contributed by atoms with Gasteiger partial charge in [0.2, 0.25) is 0 Å². The van der Waals surface area contributed by atoms with Crippen LogP contribution in [-0.2, 0) is 0 Å². The number of hydrogen-bond donors (Lipinski definition) is 0. The zero-order valence-electron chi connectivity index (χ0n) is 21.5. The van der Waals surface area contributed by atoms with Crippen LogP contribution in [0.5, 0.6) is 0 Å². The molecule has 4 aromatic carbocycles. The van der Waals surface area contributed by atoms with Crippen LogP contribution in [0.25, 0.3) is 56.4 Å². The van der Waals surface area contributed by atoms with Crippen molar-refractivity contribution in [3.05, 3.63) is 131 Å². The quantitative estimate of drug-likeness (QED) is 0.201. The van der Waals surface area contributed by atoms with Gasteiger partial charge in [-0.2, -0.15) is 10.5 Å². The van der Waals surface area contributed by atoms with Gasteiger partial charge in [-0.05, 0) is 77.4 Å². The van der Waals surface area contributed by atoms with Crippen molar-refractivity contribution in [3.8, 4) is 68.6 Å². The molecule has 0 aliphatic rings. The Morgan fingerprint density at radius 2 is 0.951 bits per heavy atom. The molecule has 2 aromatic heterocycles. The highest BCUT2D eigenvalue weighted by molar-refractivity contribution is 9.10. The van der Waals surface area contributed by atoms with Crippen molar-refractivity contribution in [1.82, 2.24) is 19.9 Å². The summed E-state index contributed by atoms with van der Waals surface area (Å²) in [5.74, 6) is 1.56. The van der Waals surface area contributed by atoms with Crippen molar-refractivity contribution in [2.24, 2.45) is 0 Å². The Labute approximate surface area is 245 Å². The van der Waals surface area contributed by atoms with Gasteiger partial charge < -0.3 is 0 Å². The molecule has 6 nitrogen and oxygen atoms in total. The number of benzene rings is 4. The highest BCUT2D eigenvalue weighted by Gasteiger charge is 2.14. The van der Waals surface area contributed by atoms with E-state index in [1.54, 1.807) is 18.3 Å². The molecular weight excluding hydrogens is 572 g/mol. The van der Waals surface area contributed by atoms with Crippen LogP contribution in [0.3, 0.4) is 0 Å². The van der Waals surface area contributed by atoms with Crippen molar-refractivity contribution in [1.29, 1.82) is 10.5 Å². The van der Waals surface area contributed by atoms with Gasteiger partial charge in [0.15, 0.2) is 17.5 Å². The minimum Gasteiger partial charge on any atom is -0.264 e. The highest BCUT2D eigenvalue weighted by atomic mass is 79.9. The maximum absolute atomic E-state index is 9.25. The summed E-state index contributed by atoms with van der Waals surface area (Å²) in [6.45, 7) is 0. The maximum Gasteiger partial charge on any atom is 0.164 e. The first-order valence-electron chi connectivity index (χ1n) is 12.7. The molecule has 0 unspecified atom stereocenters. The Kier molecular flexibility index (Phi) is 7.11. The molecule has 0 aliphatic carbocycles. The van der Waals surface area contributed by atoms with Gasteiger partial charge in [0, 0.05) is 39.1 Å². The fourth-order valence-corrected chi connectivity index (χ4v) is 4.92. The second-order valence-corrected chi connectivity index (χ2v) is 10.1. The van der Waals surface area contributed by atoms with Crippen LogP contribution >= 0.6 is 15.9 Å². The van der Waals surface area contributed by atoms with E-state index in [1.165, 1.54) is 0 Å². The summed E-state index contributed by atoms with van der Waals surface area (Å²) >= 11 is 3.65. The molecule has 6 rings (SSSR count). The summed E-state index contributed by atoms with van der Waals surface area (Å²) in [5.41, 5.74) is 7.63. The summed E-state index contributed by atoms with van der Waals surface area (Å²) in [7, 11) is 0. The van der Waals surface area contributed by atoms with Crippen LogP contribution in [0.4, 0.5) is 0 Å². The number of nitriles is 2. The molecule has 0 fully saturated rings. The van der Waals surface area contributed by atoms with Crippen molar-refractivity contribution >= 4 is 15.9 Å². The first kappa shape index (κ1) is 25.8. The molecular formula is C34H19BrN6. The third-order valence-electron chi connectivity index (χ3n) is 6.55. The van der Waals surface area contributed by atoms with Crippen LogP contribution in [0.2, 0.25) is 0 Å². The van der Waals surface area contributed by atoms with Gasteiger partial charge in [-0.25, -0.2) is 15.0 Å². The third-order valence-corrected chi connectivity index (χ3v) is 7.01. The molecule has 0 bridgehead atoms. The number of rotatable bonds is 5. The van der Waals surface area contributed by atoms with Crippen LogP contribution in [0, 0.1) is 22.7 Å². The van der Waals surface area contributed by atoms with Crippen LogP contribution in [0.1, 0.15) is 11.1 Å². The molecule has 2 heterocycles. The molecule has 0 N–H and O–H groups in total. The molecule has 192 valence electrons. The average Bonchev–Trinajstić information content (AvgIpc) is 3.05. The van der Waals surface area contributed by atoms with Gasteiger partial charge in [0.05, 0.1) is 23.3 Å². The number of nitrogens with zero attached hydrogens (tertiary/aromatic N) is 6. The summed E-state index contributed by atoms with van der Waals surface area (Å²) in [4.78, 5) is 18.8. The van der Waals surface area contributed by atoms with Crippen molar-refractivity contribution < 1.29 is 0 Å². The Bertz CT molecular complexity index is 1940. The Morgan fingerprint density at radius 1 is 0.488 bits per heavy atom. The zero-order chi connectivity index (χ0) is 28.2. The summed E-state index contributed by atoms with van der Waals surface area (Å²) in [5, 5.41) is 18.3. The van der Waals surface area contributed by atoms with E-state index < -0.39 is 0 Å². The number of aromatic nitrogens is 4. The highest BCUT2D eigenvalue weighted by Crippen LogP contribution is 2.31. The largest absolute Gasteiger partial charge is 0.264 e. The zero-order valence-corrected chi connectivity index (χ0v) is 23.1. The topological polar surface area (TPSA) is 99.1 Å². The maximum atomic E-state index is 9.25.